The number of aromatic amines is 1. The van der Waals surface area contributed by atoms with Crippen molar-refractivity contribution in [3.8, 4) is 0 Å². The second-order valence-electron chi connectivity index (χ2n) is 4.36. The number of nitrogens with two attached hydrogens (primary N) is 1. The van der Waals surface area contributed by atoms with Crippen molar-refractivity contribution in [1.82, 2.24) is 19.9 Å². The van der Waals surface area contributed by atoms with Crippen molar-refractivity contribution >= 4 is 28.8 Å². The highest BCUT2D eigenvalue weighted by Gasteiger charge is 2.26. The van der Waals surface area contributed by atoms with Crippen molar-refractivity contribution in [2.24, 2.45) is 5.73 Å². The number of carbonyl (C=O) groups excluding carboxylic acids is 1. The van der Waals surface area contributed by atoms with Crippen LogP contribution in [0.5, 0.6) is 0 Å². The van der Waals surface area contributed by atoms with Gasteiger partial charge in [0.25, 0.3) is 0 Å². The van der Waals surface area contributed by atoms with Gasteiger partial charge in [0.2, 0.25) is 11.9 Å². The number of anilines is 2. The highest BCUT2D eigenvalue weighted by atomic mass is 16.1. The number of aromatic nitrogens is 4. The number of nitrogens with one attached hydrogen (secondary N) is 3. The number of nitrogens with zero attached hydrogens (tertiary/aromatic N) is 3. The van der Waals surface area contributed by atoms with Crippen molar-refractivity contribution in [2.75, 3.05) is 17.7 Å². The van der Waals surface area contributed by atoms with Gasteiger partial charge < -0.3 is 21.4 Å². The van der Waals surface area contributed by atoms with Crippen LogP contribution in [0.2, 0.25) is 0 Å². The van der Waals surface area contributed by atoms with E-state index in [4.69, 9.17) is 5.73 Å². The van der Waals surface area contributed by atoms with Gasteiger partial charge in [-0.25, -0.2) is 4.98 Å². The summed E-state index contributed by atoms with van der Waals surface area (Å²) in [6.07, 6.45) is 1.52. The van der Waals surface area contributed by atoms with Crippen LogP contribution in [0.25, 0.3) is 11.2 Å². The Balaban J connectivity index is 2.49. The van der Waals surface area contributed by atoms with Gasteiger partial charge in [-0.05, 0) is 13.8 Å². The Kier molecular flexibility index (Phi) is 2.77. The summed E-state index contributed by atoms with van der Waals surface area (Å²) < 4.78 is 0. The minimum Gasteiger partial charge on any atom is -0.368 e. The van der Waals surface area contributed by atoms with Crippen LogP contribution in [0.4, 0.5) is 11.8 Å². The maximum atomic E-state index is 11.3. The SMILES string of the molecule is CNc1nc(NC(C)(C)C(N)=O)c2[nH]cnc2n1. The van der Waals surface area contributed by atoms with Crippen molar-refractivity contribution in [3.63, 3.8) is 0 Å². The molecule has 0 saturated carbocycles. The minimum absolute atomic E-state index is 0.414. The molecular weight excluding hydrogens is 234 g/mol. The zero-order chi connectivity index (χ0) is 13.3. The summed E-state index contributed by atoms with van der Waals surface area (Å²) in [5.74, 6) is 0.419. The molecule has 2 rings (SSSR count). The summed E-state index contributed by atoms with van der Waals surface area (Å²) in [7, 11) is 1.71. The van der Waals surface area contributed by atoms with E-state index < -0.39 is 11.4 Å². The Morgan fingerprint density at radius 1 is 1.44 bits per heavy atom. The fourth-order valence-electron chi connectivity index (χ4n) is 1.39. The summed E-state index contributed by atoms with van der Waals surface area (Å²) in [6.45, 7) is 3.36. The van der Waals surface area contributed by atoms with Gasteiger partial charge in [-0.15, -0.1) is 0 Å². The average molecular weight is 249 g/mol. The molecule has 0 saturated heterocycles. The zero-order valence-electron chi connectivity index (χ0n) is 10.4. The lowest BCUT2D eigenvalue weighted by molar-refractivity contribution is -0.121. The summed E-state index contributed by atoms with van der Waals surface area (Å²) >= 11 is 0. The monoisotopic (exact) mass is 249 g/mol. The standard InChI is InChI=1S/C10H15N7O/c1-10(2,8(11)18)17-7-5-6(14-4-13-5)15-9(12-3)16-7/h4H,1-3H3,(H2,11,18)(H3,12,13,14,15,16,17). The highest BCUT2D eigenvalue weighted by molar-refractivity contribution is 5.91. The van der Waals surface area contributed by atoms with E-state index in [1.165, 1.54) is 6.33 Å². The molecule has 0 atom stereocenters. The molecule has 0 aromatic carbocycles. The summed E-state index contributed by atoms with van der Waals surface area (Å²) in [6, 6.07) is 0. The van der Waals surface area contributed by atoms with Gasteiger partial charge in [-0.3, -0.25) is 4.79 Å². The van der Waals surface area contributed by atoms with Gasteiger partial charge in [0, 0.05) is 7.05 Å². The van der Waals surface area contributed by atoms with E-state index in [1.54, 1.807) is 20.9 Å². The van der Waals surface area contributed by atoms with Crippen LogP contribution in [0.3, 0.4) is 0 Å². The number of rotatable bonds is 4. The normalized spacial score (nSPS) is 11.5. The van der Waals surface area contributed by atoms with Crippen LogP contribution >= 0.6 is 0 Å². The number of carbonyl (C=O) groups is 1. The topological polar surface area (TPSA) is 122 Å². The first-order valence-electron chi connectivity index (χ1n) is 5.41. The zero-order valence-corrected chi connectivity index (χ0v) is 10.4. The first-order chi connectivity index (χ1) is 8.44. The first kappa shape index (κ1) is 12.1. The predicted octanol–water partition coefficient (Wildman–Crippen LogP) is 0.0704. The van der Waals surface area contributed by atoms with Crippen LogP contribution in [0.15, 0.2) is 6.33 Å². The van der Waals surface area contributed by atoms with E-state index in [2.05, 4.69) is 30.6 Å². The van der Waals surface area contributed by atoms with E-state index in [1.807, 2.05) is 0 Å². The Hall–Kier alpha value is -2.38. The van der Waals surface area contributed by atoms with Crippen molar-refractivity contribution in [2.45, 2.75) is 19.4 Å². The van der Waals surface area contributed by atoms with Crippen LogP contribution in [0.1, 0.15) is 13.8 Å². The van der Waals surface area contributed by atoms with Gasteiger partial charge in [-0.2, -0.15) is 9.97 Å². The Morgan fingerprint density at radius 3 is 2.78 bits per heavy atom. The molecule has 2 aromatic heterocycles. The lowest BCUT2D eigenvalue weighted by atomic mass is 10.1. The Morgan fingerprint density at radius 2 is 2.17 bits per heavy atom. The summed E-state index contributed by atoms with van der Waals surface area (Å²) in [5, 5.41) is 5.82. The molecule has 8 heteroatoms. The largest absolute Gasteiger partial charge is 0.368 e. The lowest BCUT2D eigenvalue weighted by Crippen LogP contribution is -2.45. The number of amides is 1. The molecule has 0 aliphatic heterocycles. The molecule has 18 heavy (non-hydrogen) atoms. The third-order valence-corrected chi connectivity index (χ3v) is 2.56. The second-order valence-corrected chi connectivity index (χ2v) is 4.36. The van der Waals surface area contributed by atoms with Crippen molar-refractivity contribution in [3.05, 3.63) is 6.33 Å². The second kappa shape index (κ2) is 4.13. The molecule has 0 unspecified atom stereocenters. The van der Waals surface area contributed by atoms with E-state index in [9.17, 15) is 4.79 Å². The van der Waals surface area contributed by atoms with Gasteiger partial charge in [0.05, 0.1) is 6.33 Å². The molecule has 8 nitrogen and oxygen atoms in total. The molecular formula is C10H15N7O. The third kappa shape index (κ3) is 2.04. The molecule has 5 N–H and O–H groups in total. The van der Waals surface area contributed by atoms with Crippen LogP contribution < -0.4 is 16.4 Å². The maximum absolute atomic E-state index is 11.3. The van der Waals surface area contributed by atoms with E-state index in [0.29, 0.717) is 22.9 Å². The van der Waals surface area contributed by atoms with E-state index in [-0.39, 0.29) is 0 Å². The first-order valence-corrected chi connectivity index (χ1v) is 5.41. The number of hydrogen-bond donors (Lipinski definition) is 4. The Labute approximate surface area is 103 Å². The van der Waals surface area contributed by atoms with Crippen molar-refractivity contribution in [1.29, 1.82) is 0 Å². The van der Waals surface area contributed by atoms with Gasteiger partial charge in [-0.1, -0.05) is 0 Å². The van der Waals surface area contributed by atoms with Crippen molar-refractivity contribution < 1.29 is 4.79 Å². The lowest BCUT2D eigenvalue weighted by Gasteiger charge is -2.23. The molecule has 0 radical (unpaired) electrons. The molecule has 2 heterocycles. The fourth-order valence-corrected chi connectivity index (χ4v) is 1.39. The summed E-state index contributed by atoms with van der Waals surface area (Å²) in [5.41, 5.74) is 5.54. The smallest absolute Gasteiger partial charge is 0.242 e. The number of fused-ring (bicyclic) bond motifs is 1. The number of primary amides is 1. The fraction of sp³-hybridized carbons (Fsp3) is 0.400. The number of imidazole rings is 1. The van der Waals surface area contributed by atoms with E-state index >= 15 is 0 Å². The molecule has 0 aliphatic carbocycles. The van der Waals surface area contributed by atoms with Crippen LogP contribution in [-0.2, 0) is 4.79 Å². The van der Waals surface area contributed by atoms with Crippen LogP contribution in [0, 0.1) is 0 Å². The maximum Gasteiger partial charge on any atom is 0.242 e. The van der Waals surface area contributed by atoms with E-state index in [0.717, 1.165) is 0 Å². The molecule has 0 bridgehead atoms. The quantitative estimate of drug-likeness (QED) is 0.608. The molecule has 1 amide bonds. The average Bonchev–Trinajstić information content (AvgIpc) is 2.76. The predicted molar refractivity (Wildman–Crippen MR) is 68.1 cm³/mol. The number of hydrogen-bond acceptors (Lipinski definition) is 6. The molecule has 96 valence electrons. The van der Waals surface area contributed by atoms with Crippen LogP contribution in [-0.4, -0.2) is 38.4 Å². The molecule has 0 aliphatic rings. The number of H-pyrrole nitrogens is 1. The molecule has 0 fully saturated rings. The summed E-state index contributed by atoms with van der Waals surface area (Å²) in [4.78, 5) is 26.7. The third-order valence-electron chi connectivity index (χ3n) is 2.56. The Bertz CT molecular complexity index is 589. The van der Waals surface area contributed by atoms with Gasteiger partial charge in [0.15, 0.2) is 11.5 Å². The highest BCUT2D eigenvalue weighted by Crippen LogP contribution is 2.21. The minimum atomic E-state index is -0.919. The molecule has 0 spiro atoms. The van der Waals surface area contributed by atoms with Gasteiger partial charge >= 0.3 is 0 Å². The molecule has 2 aromatic rings. The van der Waals surface area contributed by atoms with Gasteiger partial charge in [0.1, 0.15) is 11.1 Å².